The van der Waals surface area contributed by atoms with Gasteiger partial charge < -0.3 is 20.5 Å². The van der Waals surface area contributed by atoms with E-state index in [1.54, 1.807) is 0 Å². The van der Waals surface area contributed by atoms with E-state index in [1.807, 2.05) is 0 Å². The molecule has 0 aliphatic carbocycles. The van der Waals surface area contributed by atoms with Crippen LogP contribution < -0.4 is 11.1 Å². The number of carbonyl (C=O) groups excluding carboxylic acids is 4. The Bertz CT molecular complexity index is 660. The maximum absolute atomic E-state index is 12.1. The lowest BCUT2D eigenvalue weighted by atomic mass is 10.1. The van der Waals surface area contributed by atoms with E-state index in [2.05, 4.69) is 10.1 Å². The standard InChI is InChI=1S/C15H15ClN2O6/c16-9-3-1-8(2-4-9)13(20)18-10(7-12(17)19)14(21)24-11-5-6-23-15(11)22/h1-4,10-11H,5-7H2,(H2,17,19)(H,18,20). The zero-order valence-electron chi connectivity index (χ0n) is 12.5. The summed E-state index contributed by atoms with van der Waals surface area (Å²) in [4.78, 5) is 46.7. The molecule has 0 saturated carbocycles. The Balaban J connectivity index is 2.05. The van der Waals surface area contributed by atoms with Crippen LogP contribution in [0.1, 0.15) is 23.2 Å². The predicted octanol–water partition coefficient (Wildman–Crippen LogP) is 0.172. The number of hydrogen-bond acceptors (Lipinski definition) is 6. The lowest BCUT2D eigenvalue weighted by Crippen LogP contribution is -2.45. The summed E-state index contributed by atoms with van der Waals surface area (Å²) in [6.07, 6.45) is -1.28. The second kappa shape index (κ2) is 7.78. The van der Waals surface area contributed by atoms with Crippen molar-refractivity contribution in [3.8, 4) is 0 Å². The molecule has 1 aromatic carbocycles. The Morgan fingerprint density at radius 3 is 2.54 bits per heavy atom. The Kier molecular flexibility index (Phi) is 5.75. The SMILES string of the molecule is NC(=O)CC(NC(=O)c1ccc(Cl)cc1)C(=O)OC1CCOC1=O. The first-order valence-corrected chi connectivity index (χ1v) is 7.46. The molecule has 3 N–H and O–H groups in total. The number of rotatable bonds is 6. The van der Waals surface area contributed by atoms with E-state index in [0.29, 0.717) is 5.02 Å². The van der Waals surface area contributed by atoms with Crippen molar-refractivity contribution in [3.05, 3.63) is 34.9 Å². The van der Waals surface area contributed by atoms with Crippen LogP contribution in [0, 0.1) is 0 Å². The van der Waals surface area contributed by atoms with Gasteiger partial charge in [-0.25, -0.2) is 9.59 Å². The van der Waals surface area contributed by atoms with Crippen LogP contribution in [0.15, 0.2) is 24.3 Å². The number of nitrogens with one attached hydrogen (secondary N) is 1. The zero-order valence-corrected chi connectivity index (χ0v) is 13.2. The molecular formula is C15H15ClN2O6. The van der Waals surface area contributed by atoms with Gasteiger partial charge in [0.2, 0.25) is 12.0 Å². The molecule has 1 fully saturated rings. The zero-order chi connectivity index (χ0) is 17.7. The number of halogens is 1. The molecule has 1 saturated heterocycles. The summed E-state index contributed by atoms with van der Waals surface area (Å²) in [7, 11) is 0. The van der Waals surface area contributed by atoms with E-state index >= 15 is 0 Å². The van der Waals surface area contributed by atoms with Crippen molar-refractivity contribution in [1.29, 1.82) is 0 Å². The van der Waals surface area contributed by atoms with Crippen LogP contribution in [0.3, 0.4) is 0 Å². The van der Waals surface area contributed by atoms with Gasteiger partial charge in [0.1, 0.15) is 6.04 Å². The van der Waals surface area contributed by atoms with Crippen molar-refractivity contribution in [2.75, 3.05) is 6.61 Å². The summed E-state index contributed by atoms with van der Waals surface area (Å²) in [6.45, 7) is 0.147. The minimum absolute atomic E-state index is 0.147. The molecule has 9 heteroatoms. The fraction of sp³-hybridized carbons (Fsp3) is 0.333. The molecule has 0 radical (unpaired) electrons. The number of cyclic esters (lactones) is 1. The highest BCUT2D eigenvalue weighted by Gasteiger charge is 2.34. The second-order valence-corrected chi connectivity index (χ2v) is 5.52. The topological polar surface area (TPSA) is 125 Å². The van der Waals surface area contributed by atoms with Gasteiger partial charge in [-0.3, -0.25) is 9.59 Å². The van der Waals surface area contributed by atoms with E-state index in [9.17, 15) is 19.2 Å². The molecule has 1 heterocycles. The van der Waals surface area contributed by atoms with Gasteiger partial charge >= 0.3 is 11.9 Å². The fourth-order valence-corrected chi connectivity index (χ4v) is 2.17. The molecular weight excluding hydrogens is 340 g/mol. The molecule has 2 amide bonds. The number of benzene rings is 1. The minimum Gasteiger partial charge on any atom is -0.463 e. The molecule has 1 aliphatic heterocycles. The van der Waals surface area contributed by atoms with E-state index in [4.69, 9.17) is 22.1 Å². The highest BCUT2D eigenvalue weighted by molar-refractivity contribution is 6.30. The first-order chi connectivity index (χ1) is 11.4. The second-order valence-electron chi connectivity index (χ2n) is 5.09. The third-order valence-corrected chi connectivity index (χ3v) is 3.50. The van der Waals surface area contributed by atoms with Gasteiger partial charge in [-0.2, -0.15) is 0 Å². The van der Waals surface area contributed by atoms with Crippen LogP contribution in [0.2, 0.25) is 5.02 Å². The van der Waals surface area contributed by atoms with Gasteiger partial charge in [0.15, 0.2) is 0 Å². The first-order valence-electron chi connectivity index (χ1n) is 7.08. The summed E-state index contributed by atoms with van der Waals surface area (Å²) in [5, 5.41) is 2.81. The highest BCUT2D eigenvalue weighted by atomic mass is 35.5. The van der Waals surface area contributed by atoms with E-state index < -0.39 is 42.3 Å². The van der Waals surface area contributed by atoms with E-state index in [0.717, 1.165) is 0 Å². The van der Waals surface area contributed by atoms with E-state index in [-0.39, 0.29) is 18.6 Å². The maximum atomic E-state index is 12.1. The van der Waals surface area contributed by atoms with Crippen molar-refractivity contribution in [2.24, 2.45) is 5.73 Å². The summed E-state index contributed by atoms with van der Waals surface area (Å²) >= 11 is 5.74. The van der Waals surface area contributed by atoms with Crippen molar-refractivity contribution in [3.63, 3.8) is 0 Å². The van der Waals surface area contributed by atoms with Crippen molar-refractivity contribution in [1.82, 2.24) is 5.32 Å². The van der Waals surface area contributed by atoms with Crippen LogP contribution in [0.25, 0.3) is 0 Å². The van der Waals surface area contributed by atoms with Gasteiger partial charge in [-0.15, -0.1) is 0 Å². The monoisotopic (exact) mass is 354 g/mol. The predicted molar refractivity (Wildman–Crippen MR) is 82.0 cm³/mol. The molecule has 1 aliphatic rings. The number of esters is 2. The molecule has 8 nitrogen and oxygen atoms in total. The van der Waals surface area contributed by atoms with Gasteiger partial charge in [-0.1, -0.05) is 11.6 Å². The van der Waals surface area contributed by atoms with Crippen LogP contribution >= 0.6 is 11.6 Å². The number of hydrogen-bond donors (Lipinski definition) is 2. The molecule has 24 heavy (non-hydrogen) atoms. The Labute approximate surface area is 142 Å². The van der Waals surface area contributed by atoms with Crippen LogP contribution in [0.5, 0.6) is 0 Å². The largest absolute Gasteiger partial charge is 0.463 e. The minimum atomic E-state index is -1.31. The van der Waals surface area contributed by atoms with Gasteiger partial charge in [0.05, 0.1) is 13.0 Å². The molecule has 2 rings (SSSR count). The number of nitrogens with two attached hydrogens (primary N) is 1. The normalized spacial score (nSPS) is 17.7. The maximum Gasteiger partial charge on any atom is 0.347 e. The fourth-order valence-electron chi connectivity index (χ4n) is 2.04. The van der Waals surface area contributed by atoms with Gasteiger partial charge in [0.25, 0.3) is 5.91 Å². The number of carbonyl (C=O) groups is 4. The summed E-state index contributed by atoms with van der Waals surface area (Å²) in [5.41, 5.74) is 5.33. The van der Waals surface area contributed by atoms with Crippen molar-refractivity contribution >= 4 is 35.4 Å². The average molecular weight is 355 g/mol. The molecule has 0 aromatic heterocycles. The Morgan fingerprint density at radius 2 is 2.00 bits per heavy atom. The lowest BCUT2D eigenvalue weighted by Gasteiger charge is -2.18. The van der Waals surface area contributed by atoms with Gasteiger partial charge in [0, 0.05) is 17.0 Å². The van der Waals surface area contributed by atoms with Crippen molar-refractivity contribution < 1.29 is 28.7 Å². The van der Waals surface area contributed by atoms with Crippen molar-refractivity contribution in [2.45, 2.75) is 25.0 Å². The molecule has 2 unspecified atom stereocenters. The molecule has 128 valence electrons. The molecule has 1 aromatic rings. The molecule has 0 bridgehead atoms. The molecule has 0 spiro atoms. The third kappa shape index (κ3) is 4.69. The van der Waals surface area contributed by atoms with E-state index in [1.165, 1.54) is 24.3 Å². The quantitative estimate of drug-likeness (QED) is 0.702. The summed E-state index contributed by atoms with van der Waals surface area (Å²) in [6, 6.07) is 4.62. The van der Waals surface area contributed by atoms with Crippen LogP contribution in [0.4, 0.5) is 0 Å². The third-order valence-electron chi connectivity index (χ3n) is 3.25. The van der Waals surface area contributed by atoms with Crippen LogP contribution in [-0.4, -0.2) is 42.5 Å². The number of ether oxygens (including phenoxy) is 2. The molecule has 2 atom stereocenters. The summed E-state index contributed by atoms with van der Waals surface area (Å²) in [5.74, 6) is -3.00. The number of primary amides is 1. The highest BCUT2D eigenvalue weighted by Crippen LogP contribution is 2.13. The smallest absolute Gasteiger partial charge is 0.347 e. The summed E-state index contributed by atoms with van der Waals surface area (Å²) < 4.78 is 9.67. The first kappa shape index (κ1) is 17.7. The van der Waals surface area contributed by atoms with Crippen LogP contribution in [-0.2, 0) is 23.9 Å². The average Bonchev–Trinajstić information content (AvgIpc) is 2.92. The number of amides is 2. The Hall–Kier alpha value is -2.61. The lowest BCUT2D eigenvalue weighted by molar-refractivity contribution is -0.161. The van der Waals surface area contributed by atoms with Gasteiger partial charge in [-0.05, 0) is 24.3 Å². The Morgan fingerprint density at radius 1 is 1.33 bits per heavy atom.